The van der Waals surface area contributed by atoms with Gasteiger partial charge in [-0.25, -0.2) is 0 Å². The Hall–Kier alpha value is -1.39. The third-order valence-electron chi connectivity index (χ3n) is 3.12. The van der Waals surface area contributed by atoms with Crippen LogP contribution in [0.15, 0.2) is 18.2 Å². The summed E-state index contributed by atoms with van der Waals surface area (Å²) in [6.45, 7) is 3.28. The topological polar surface area (TPSA) is 63.2 Å². The SMILES string of the molecule is CCC(=O)C(C)C(=O)CCC(=O)Nc1cc(Cl)ccc1Cl. The fourth-order valence-corrected chi connectivity index (χ4v) is 2.08. The Kier molecular flexibility index (Phi) is 6.85. The first-order chi connectivity index (χ1) is 9.85. The van der Waals surface area contributed by atoms with E-state index in [-0.39, 0.29) is 30.3 Å². The molecule has 6 heteroatoms. The number of Topliss-reactive ketones (excluding diaryl/α,β-unsaturated/α-hetero) is 2. The van der Waals surface area contributed by atoms with Gasteiger partial charge in [-0.15, -0.1) is 0 Å². The molecule has 0 heterocycles. The van der Waals surface area contributed by atoms with E-state index >= 15 is 0 Å². The van der Waals surface area contributed by atoms with Crippen LogP contribution in [0.1, 0.15) is 33.1 Å². The molecule has 1 N–H and O–H groups in total. The third-order valence-corrected chi connectivity index (χ3v) is 3.68. The predicted octanol–water partition coefficient (Wildman–Crippen LogP) is 3.90. The predicted molar refractivity (Wildman–Crippen MR) is 83.8 cm³/mol. The maximum atomic E-state index is 11.8. The number of nitrogens with one attached hydrogen (secondary N) is 1. The molecule has 0 radical (unpaired) electrons. The van der Waals surface area contributed by atoms with Crippen molar-refractivity contribution in [1.82, 2.24) is 0 Å². The molecular formula is C15H17Cl2NO3. The molecule has 21 heavy (non-hydrogen) atoms. The monoisotopic (exact) mass is 329 g/mol. The smallest absolute Gasteiger partial charge is 0.224 e. The van der Waals surface area contributed by atoms with E-state index in [0.717, 1.165) is 0 Å². The summed E-state index contributed by atoms with van der Waals surface area (Å²) in [6, 6.07) is 4.72. The van der Waals surface area contributed by atoms with Crippen molar-refractivity contribution in [3.05, 3.63) is 28.2 Å². The molecule has 1 unspecified atom stereocenters. The van der Waals surface area contributed by atoms with Gasteiger partial charge in [-0.1, -0.05) is 30.1 Å². The molecule has 0 aliphatic carbocycles. The zero-order valence-electron chi connectivity index (χ0n) is 11.9. The summed E-state index contributed by atoms with van der Waals surface area (Å²) in [5, 5.41) is 3.42. The Morgan fingerprint density at radius 3 is 2.43 bits per heavy atom. The minimum atomic E-state index is -0.655. The van der Waals surface area contributed by atoms with Gasteiger partial charge < -0.3 is 5.32 Å². The summed E-state index contributed by atoms with van der Waals surface area (Å²) in [5.74, 6) is -1.34. The summed E-state index contributed by atoms with van der Waals surface area (Å²) in [5.41, 5.74) is 0.402. The van der Waals surface area contributed by atoms with Gasteiger partial charge in [0.25, 0.3) is 0 Å². The van der Waals surface area contributed by atoms with Gasteiger partial charge in [-0.3, -0.25) is 14.4 Å². The van der Waals surface area contributed by atoms with Crippen LogP contribution in [0, 0.1) is 5.92 Å². The minimum absolute atomic E-state index is 0.00299. The Bertz CT molecular complexity index is 558. The molecule has 114 valence electrons. The molecule has 0 aliphatic rings. The molecule has 0 aromatic heterocycles. The van der Waals surface area contributed by atoms with Crippen molar-refractivity contribution in [2.24, 2.45) is 5.92 Å². The van der Waals surface area contributed by atoms with E-state index in [1.54, 1.807) is 26.0 Å². The third kappa shape index (κ3) is 5.48. The average molecular weight is 330 g/mol. The molecule has 0 bridgehead atoms. The zero-order chi connectivity index (χ0) is 16.0. The number of carbonyl (C=O) groups is 3. The minimum Gasteiger partial charge on any atom is -0.325 e. The van der Waals surface area contributed by atoms with Gasteiger partial charge in [0.05, 0.1) is 16.6 Å². The Morgan fingerprint density at radius 1 is 1.14 bits per heavy atom. The molecule has 0 fully saturated rings. The summed E-state index contributed by atoms with van der Waals surface area (Å²) in [7, 11) is 0. The normalized spacial score (nSPS) is 11.8. The van der Waals surface area contributed by atoms with Crippen molar-refractivity contribution < 1.29 is 14.4 Å². The van der Waals surface area contributed by atoms with Crippen LogP contribution < -0.4 is 5.32 Å². The van der Waals surface area contributed by atoms with Gasteiger partial charge in [0.15, 0.2) is 0 Å². The van der Waals surface area contributed by atoms with Crippen molar-refractivity contribution in [3.8, 4) is 0 Å². The largest absolute Gasteiger partial charge is 0.325 e. The van der Waals surface area contributed by atoms with Crippen LogP contribution in [0.3, 0.4) is 0 Å². The Labute approximate surface area is 133 Å². The van der Waals surface area contributed by atoms with E-state index in [4.69, 9.17) is 23.2 Å². The van der Waals surface area contributed by atoms with Gasteiger partial charge in [0, 0.05) is 24.3 Å². The van der Waals surface area contributed by atoms with Crippen molar-refractivity contribution in [1.29, 1.82) is 0 Å². The zero-order valence-corrected chi connectivity index (χ0v) is 13.4. The summed E-state index contributed by atoms with van der Waals surface area (Å²) >= 11 is 11.7. The Balaban J connectivity index is 2.53. The highest BCUT2D eigenvalue weighted by atomic mass is 35.5. The summed E-state index contributed by atoms with van der Waals surface area (Å²) in [4.78, 5) is 35.0. The van der Waals surface area contributed by atoms with E-state index in [9.17, 15) is 14.4 Å². The van der Waals surface area contributed by atoms with E-state index in [1.165, 1.54) is 6.07 Å². The first kappa shape index (κ1) is 17.7. The fraction of sp³-hybridized carbons (Fsp3) is 0.400. The van der Waals surface area contributed by atoms with E-state index in [0.29, 0.717) is 22.2 Å². The second-order valence-corrected chi connectivity index (χ2v) is 5.52. The molecule has 1 aromatic rings. The molecule has 1 aromatic carbocycles. The number of rotatable bonds is 7. The lowest BCUT2D eigenvalue weighted by Crippen LogP contribution is -2.22. The van der Waals surface area contributed by atoms with Crippen LogP contribution in [-0.4, -0.2) is 17.5 Å². The number of carbonyl (C=O) groups excluding carboxylic acids is 3. The number of hydrogen-bond donors (Lipinski definition) is 1. The summed E-state index contributed by atoms with van der Waals surface area (Å²) in [6.07, 6.45) is 0.344. The van der Waals surface area contributed by atoms with Crippen molar-refractivity contribution >= 4 is 46.4 Å². The lowest BCUT2D eigenvalue weighted by atomic mass is 9.96. The number of halogens is 2. The second-order valence-electron chi connectivity index (χ2n) is 4.68. The molecule has 0 aliphatic heterocycles. The summed E-state index contributed by atoms with van der Waals surface area (Å²) < 4.78 is 0. The van der Waals surface area contributed by atoms with Crippen LogP contribution in [0.25, 0.3) is 0 Å². The van der Waals surface area contributed by atoms with Gasteiger partial charge in [-0.2, -0.15) is 0 Å². The standard InChI is InChI=1S/C15H17Cl2NO3/c1-3-13(19)9(2)14(20)6-7-15(21)18-12-8-10(16)4-5-11(12)17/h4-5,8-9H,3,6-7H2,1-2H3,(H,18,21). The van der Waals surface area contributed by atoms with Crippen molar-refractivity contribution in [2.45, 2.75) is 33.1 Å². The van der Waals surface area contributed by atoms with Gasteiger partial charge in [0.1, 0.15) is 11.6 Å². The first-order valence-corrected chi connectivity index (χ1v) is 7.41. The highest BCUT2D eigenvalue weighted by Crippen LogP contribution is 2.25. The van der Waals surface area contributed by atoms with Crippen LogP contribution in [0.5, 0.6) is 0 Å². The average Bonchev–Trinajstić information content (AvgIpc) is 2.46. The first-order valence-electron chi connectivity index (χ1n) is 6.65. The number of benzene rings is 1. The maximum absolute atomic E-state index is 11.8. The quantitative estimate of drug-likeness (QED) is 0.771. The van der Waals surface area contributed by atoms with Crippen LogP contribution in [0.2, 0.25) is 10.0 Å². The molecule has 0 saturated carbocycles. The van der Waals surface area contributed by atoms with Crippen molar-refractivity contribution in [2.75, 3.05) is 5.32 Å². The number of hydrogen-bond acceptors (Lipinski definition) is 3. The van der Waals surface area contributed by atoms with Crippen molar-refractivity contribution in [3.63, 3.8) is 0 Å². The Morgan fingerprint density at radius 2 is 1.81 bits per heavy atom. The van der Waals surface area contributed by atoms with E-state index in [1.807, 2.05) is 0 Å². The van der Waals surface area contributed by atoms with Crippen LogP contribution in [-0.2, 0) is 14.4 Å². The molecule has 0 spiro atoms. The number of amides is 1. The van der Waals surface area contributed by atoms with Crippen LogP contribution >= 0.6 is 23.2 Å². The molecule has 1 atom stereocenters. The molecule has 0 saturated heterocycles. The van der Waals surface area contributed by atoms with Gasteiger partial charge >= 0.3 is 0 Å². The molecule has 4 nitrogen and oxygen atoms in total. The second kappa shape index (κ2) is 8.15. The highest BCUT2D eigenvalue weighted by Gasteiger charge is 2.20. The van der Waals surface area contributed by atoms with Crippen LogP contribution in [0.4, 0.5) is 5.69 Å². The lowest BCUT2D eigenvalue weighted by Gasteiger charge is -2.09. The number of anilines is 1. The maximum Gasteiger partial charge on any atom is 0.224 e. The van der Waals surface area contributed by atoms with E-state index < -0.39 is 5.92 Å². The van der Waals surface area contributed by atoms with E-state index in [2.05, 4.69) is 5.32 Å². The molecule has 1 rings (SSSR count). The lowest BCUT2D eigenvalue weighted by molar-refractivity contribution is -0.133. The number of ketones is 2. The highest BCUT2D eigenvalue weighted by molar-refractivity contribution is 6.35. The molecular weight excluding hydrogens is 313 g/mol. The molecule has 1 amide bonds. The van der Waals surface area contributed by atoms with Gasteiger partial charge in [-0.05, 0) is 25.1 Å². The fourth-order valence-electron chi connectivity index (χ4n) is 1.74. The van der Waals surface area contributed by atoms with Gasteiger partial charge in [0.2, 0.25) is 5.91 Å².